The third kappa shape index (κ3) is 2.75. The van der Waals surface area contributed by atoms with Gasteiger partial charge in [-0.25, -0.2) is 9.78 Å². The van der Waals surface area contributed by atoms with Crippen LogP contribution in [-0.4, -0.2) is 28.2 Å². The molecule has 1 heterocycles. The lowest BCUT2D eigenvalue weighted by Crippen LogP contribution is -2.57. The van der Waals surface area contributed by atoms with Crippen molar-refractivity contribution in [1.29, 1.82) is 0 Å². The number of rotatable bonds is 3. The molecule has 20 heavy (non-hydrogen) atoms. The third-order valence-corrected chi connectivity index (χ3v) is 6.00. The molecule has 3 rings (SSSR count). The minimum atomic E-state index is -0.746. The minimum absolute atomic E-state index is 0.184. The molecule has 1 N–H and O–H groups in total. The predicted octanol–water partition coefficient (Wildman–Crippen LogP) is 3.42. The first-order chi connectivity index (χ1) is 9.50. The molecular formula is C16H22O3S. The normalized spacial score (nSPS) is 40.5. The Morgan fingerprint density at radius 3 is 2.80 bits per heavy atom. The van der Waals surface area contributed by atoms with Crippen LogP contribution in [0.15, 0.2) is 35.2 Å². The van der Waals surface area contributed by atoms with Crippen molar-refractivity contribution in [2.24, 2.45) is 5.92 Å². The molecule has 0 spiro atoms. The van der Waals surface area contributed by atoms with Crippen molar-refractivity contribution in [3.05, 3.63) is 30.3 Å². The second kappa shape index (κ2) is 5.34. The lowest BCUT2D eigenvalue weighted by atomic mass is 9.71. The van der Waals surface area contributed by atoms with E-state index in [2.05, 4.69) is 31.2 Å². The Labute approximate surface area is 124 Å². The topological polar surface area (TPSA) is 38.7 Å². The van der Waals surface area contributed by atoms with E-state index in [0.29, 0.717) is 5.92 Å². The van der Waals surface area contributed by atoms with Gasteiger partial charge >= 0.3 is 0 Å². The number of fused-ring (bicyclic) bond motifs is 2. The fourth-order valence-electron chi connectivity index (χ4n) is 3.08. The van der Waals surface area contributed by atoms with Crippen LogP contribution in [0.4, 0.5) is 0 Å². The average Bonchev–Trinajstić information content (AvgIpc) is 2.45. The lowest BCUT2D eigenvalue weighted by Gasteiger charge is -2.50. The van der Waals surface area contributed by atoms with Crippen LogP contribution in [-0.2, 0) is 9.78 Å². The molecule has 1 aliphatic carbocycles. The molecule has 2 aliphatic rings. The molecule has 1 aliphatic heterocycles. The lowest BCUT2D eigenvalue weighted by molar-refractivity contribution is -0.441. The van der Waals surface area contributed by atoms with E-state index in [1.54, 1.807) is 11.8 Å². The maximum Gasteiger partial charge on any atom is 0.122 e. The number of aliphatic hydroxyl groups is 1. The zero-order valence-electron chi connectivity index (χ0n) is 12.0. The molecule has 1 saturated heterocycles. The number of hydrogen-bond acceptors (Lipinski definition) is 4. The number of thioether (sulfide) groups is 1. The summed E-state index contributed by atoms with van der Waals surface area (Å²) in [5.41, 5.74) is -1.02. The first-order valence-electron chi connectivity index (χ1n) is 7.24. The van der Waals surface area contributed by atoms with E-state index in [4.69, 9.17) is 9.78 Å². The molecule has 3 nitrogen and oxygen atoms in total. The van der Waals surface area contributed by atoms with E-state index in [9.17, 15) is 5.11 Å². The fraction of sp³-hybridized carbons (Fsp3) is 0.625. The Bertz CT molecular complexity index is 462. The largest absolute Gasteiger partial charge is 0.387 e. The van der Waals surface area contributed by atoms with Crippen LogP contribution in [0.2, 0.25) is 0 Å². The SMILES string of the molecule is C[C@]1(O)CC[C@H]2C[C@@H]1OO[C@@]2(C)CSc1ccccc1. The first-order valence-corrected chi connectivity index (χ1v) is 8.23. The smallest absolute Gasteiger partial charge is 0.122 e. The quantitative estimate of drug-likeness (QED) is 0.685. The summed E-state index contributed by atoms with van der Waals surface area (Å²) in [5, 5.41) is 10.3. The molecular weight excluding hydrogens is 272 g/mol. The number of benzene rings is 1. The van der Waals surface area contributed by atoms with Gasteiger partial charge in [0.1, 0.15) is 11.7 Å². The second-order valence-electron chi connectivity index (χ2n) is 6.41. The van der Waals surface area contributed by atoms with Gasteiger partial charge in [-0.2, -0.15) is 0 Å². The molecule has 4 atom stereocenters. The van der Waals surface area contributed by atoms with Gasteiger partial charge in [0.2, 0.25) is 0 Å². The Balaban J connectivity index is 1.65. The monoisotopic (exact) mass is 294 g/mol. The summed E-state index contributed by atoms with van der Waals surface area (Å²) in [6.07, 6.45) is 2.49. The maximum absolute atomic E-state index is 10.3. The van der Waals surface area contributed by atoms with Crippen molar-refractivity contribution >= 4 is 11.8 Å². The van der Waals surface area contributed by atoms with E-state index < -0.39 is 5.60 Å². The van der Waals surface area contributed by atoms with Gasteiger partial charge in [-0.1, -0.05) is 18.2 Å². The fourth-order valence-corrected chi connectivity index (χ4v) is 4.16. The third-order valence-electron chi connectivity index (χ3n) is 4.68. The van der Waals surface area contributed by atoms with Gasteiger partial charge in [-0.3, -0.25) is 0 Å². The molecule has 110 valence electrons. The molecule has 0 unspecified atom stereocenters. The summed E-state index contributed by atoms with van der Waals surface area (Å²) in [5.74, 6) is 1.33. The van der Waals surface area contributed by atoms with E-state index in [1.807, 2.05) is 13.0 Å². The van der Waals surface area contributed by atoms with E-state index in [1.165, 1.54) is 4.90 Å². The summed E-state index contributed by atoms with van der Waals surface area (Å²) in [6.45, 7) is 3.97. The molecule has 0 amide bonds. The molecule has 0 aromatic heterocycles. The molecule has 0 radical (unpaired) electrons. The molecule has 1 saturated carbocycles. The Hall–Kier alpha value is -0.550. The van der Waals surface area contributed by atoms with Crippen LogP contribution >= 0.6 is 11.8 Å². The maximum atomic E-state index is 10.3. The van der Waals surface area contributed by atoms with Crippen molar-refractivity contribution in [3.63, 3.8) is 0 Å². The van der Waals surface area contributed by atoms with Crippen molar-refractivity contribution in [1.82, 2.24) is 0 Å². The van der Waals surface area contributed by atoms with Gasteiger partial charge in [0.25, 0.3) is 0 Å². The highest BCUT2D eigenvalue weighted by Crippen LogP contribution is 2.46. The Kier molecular flexibility index (Phi) is 3.84. The molecule has 1 aromatic rings. The highest BCUT2D eigenvalue weighted by atomic mass is 32.2. The van der Waals surface area contributed by atoms with Crippen molar-refractivity contribution in [2.75, 3.05) is 5.75 Å². The minimum Gasteiger partial charge on any atom is -0.387 e. The van der Waals surface area contributed by atoms with Gasteiger partial charge in [0.15, 0.2) is 0 Å². The summed E-state index contributed by atoms with van der Waals surface area (Å²) in [4.78, 5) is 12.5. The summed E-state index contributed by atoms with van der Waals surface area (Å²) < 4.78 is 0. The van der Waals surface area contributed by atoms with Gasteiger partial charge in [0.05, 0.1) is 5.60 Å². The molecule has 2 bridgehead atoms. The van der Waals surface area contributed by atoms with Crippen LogP contribution in [0.1, 0.15) is 33.1 Å². The van der Waals surface area contributed by atoms with E-state index >= 15 is 0 Å². The highest BCUT2D eigenvalue weighted by Gasteiger charge is 2.51. The first kappa shape index (κ1) is 14.4. The van der Waals surface area contributed by atoms with Crippen LogP contribution in [0.25, 0.3) is 0 Å². The van der Waals surface area contributed by atoms with E-state index in [0.717, 1.165) is 25.0 Å². The Morgan fingerprint density at radius 1 is 1.30 bits per heavy atom. The van der Waals surface area contributed by atoms with Crippen LogP contribution in [0.3, 0.4) is 0 Å². The van der Waals surface area contributed by atoms with Crippen LogP contribution < -0.4 is 0 Å². The summed E-state index contributed by atoms with van der Waals surface area (Å²) in [6, 6.07) is 10.4. The summed E-state index contributed by atoms with van der Waals surface area (Å²) in [7, 11) is 0. The highest BCUT2D eigenvalue weighted by molar-refractivity contribution is 7.99. The predicted molar refractivity (Wildman–Crippen MR) is 79.5 cm³/mol. The summed E-state index contributed by atoms with van der Waals surface area (Å²) >= 11 is 1.80. The van der Waals surface area contributed by atoms with Crippen LogP contribution in [0.5, 0.6) is 0 Å². The van der Waals surface area contributed by atoms with Crippen molar-refractivity contribution in [2.45, 2.75) is 55.3 Å². The van der Waals surface area contributed by atoms with Gasteiger partial charge in [-0.15, -0.1) is 11.8 Å². The van der Waals surface area contributed by atoms with Crippen LogP contribution in [0, 0.1) is 5.92 Å². The van der Waals surface area contributed by atoms with Gasteiger partial charge in [-0.05, 0) is 51.2 Å². The molecule has 1 aromatic carbocycles. The van der Waals surface area contributed by atoms with Crippen molar-refractivity contribution in [3.8, 4) is 0 Å². The van der Waals surface area contributed by atoms with Gasteiger partial charge < -0.3 is 5.11 Å². The number of hydrogen-bond donors (Lipinski definition) is 1. The zero-order valence-corrected chi connectivity index (χ0v) is 12.9. The van der Waals surface area contributed by atoms with Crippen molar-refractivity contribution < 1.29 is 14.9 Å². The second-order valence-corrected chi connectivity index (χ2v) is 7.46. The Morgan fingerprint density at radius 2 is 2.05 bits per heavy atom. The zero-order chi connectivity index (χ0) is 14.2. The average molecular weight is 294 g/mol. The molecule has 2 fully saturated rings. The van der Waals surface area contributed by atoms with Gasteiger partial charge in [0, 0.05) is 10.6 Å². The molecule has 4 heteroatoms. The standard InChI is InChI=1S/C16H22O3S/c1-15(17)9-8-12-10-14(15)18-19-16(12,2)11-20-13-6-4-3-5-7-13/h3-7,12,14,17H,8-11H2,1-2H3/t12-,14-,15-,16-/m0/s1. The van der Waals surface area contributed by atoms with E-state index in [-0.39, 0.29) is 11.7 Å².